The number of benzene rings is 4. The van der Waals surface area contributed by atoms with Gasteiger partial charge in [-0.3, -0.25) is 9.69 Å². The van der Waals surface area contributed by atoms with Gasteiger partial charge in [-0.05, 0) is 91.2 Å². The van der Waals surface area contributed by atoms with Gasteiger partial charge in [0.05, 0.1) is 0 Å². The Kier molecular flexibility index (Phi) is 8.96. The molecule has 5 rings (SSSR count). The van der Waals surface area contributed by atoms with Gasteiger partial charge in [0.2, 0.25) is 0 Å². The van der Waals surface area contributed by atoms with Crippen LogP contribution < -0.4 is 20.7 Å². The van der Waals surface area contributed by atoms with Crippen molar-refractivity contribution in [3.63, 3.8) is 0 Å². The van der Waals surface area contributed by atoms with Crippen LogP contribution in [0.25, 0.3) is 0 Å². The Bertz CT molecular complexity index is 1400. The van der Waals surface area contributed by atoms with E-state index < -0.39 is 0 Å². The zero-order valence-electron chi connectivity index (χ0n) is 22.0. The van der Waals surface area contributed by atoms with Crippen LogP contribution in [-0.4, -0.2) is 36.0 Å². The maximum atomic E-state index is 12.8. The Labute approximate surface area is 239 Å². The van der Waals surface area contributed by atoms with Crippen LogP contribution in [0.15, 0.2) is 103 Å². The highest BCUT2D eigenvalue weighted by molar-refractivity contribution is 6.30. The second kappa shape index (κ2) is 13.2. The third-order valence-corrected chi connectivity index (χ3v) is 6.99. The molecule has 7 nitrogen and oxygen atoms in total. The van der Waals surface area contributed by atoms with E-state index in [-0.39, 0.29) is 18.0 Å². The molecule has 8 heteroatoms. The average molecular weight is 555 g/mol. The Hall–Kier alpha value is -4.33. The molecule has 3 N–H and O–H groups in total. The van der Waals surface area contributed by atoms with Crippen molar-refractivity contribution in [3.8, 4) is 11.5 Å². The average Bonchev–Trinajstić information content (AvgIpc) is 2.97. The Balaban J connectivity index is 1.05. The molecule has 0 bridgehead atoms. The van der Waals surface area contributed by atoms with Gasteiger partial charge in [-0.25, -0.2) is 4.79 Å². The predicted molar refractivity (Wildman–Crippen MR) is 159 cm³/mol. The molecule has 1 fully saturated rings. The van der Waals surface area contributed by atoms with Gasteiger partial charge >= 0.3 is 6.03 Å². The van der Waals surface area contributed by atoms with E-state index in [1.165, 1.54) is 5.56 Å². The van der Waals surface area contributed by atoms with E-state index in [1.807, 2.05) is 6.07 Å². The van der Waals surface area contributed by atoms with Gasteiger partial charge in [0.1, 0.15) is 11.5 Å². The largest absolute Gasteiger partial charge is 0.457 e. The molecule has 204 valence electrons. The molecule has 0 aliphatic carbocycles. The molecule has 0 saturated carbocycles. The topological polar surface area (TPSA) is 82.7 Å². The number of nitrogens with one attached hydrogen (secondary N) is 3. The van der Waals surface area contributed by atoms with E-state index in [4.69, 9.17) is 16.3 Å². The van der Waals surface area contributed by atoms with Crippen molar-refractivity contribution in [2.24, 2.45) is 0 Å². The fourth-order valence-electron chi connectivity index (χ4n) is 4.59. The highest BCUT2D eigenvalue weighted by Crippen LogP contribution is 2.24. The number of hydrogen-bond donors (Lipinski definition) is 3. The number of anilines is 2. The van der Waals surface area contributed by atoms with Crippen LogP contribution in [0.3, 0.4) is 0 Å². The first-order chi connectivity index (χ1) is 19.5. The second-order valence-corrected chi connectivity index (χ2v) is 10.2. The summed E-state index contributed by atoms with van der Waals surface area (Å²) in [4.78, 5) is 27.7. The van der Waals surface area contributed by atoms with Crippen molar-refractivity contribution in [3.05, 3.63) is 119 Å². The summed E-state index contributed by atoms with van der Waals surface area (Å²) in [5.41, 5.74) is 3.08. The fraction of sp³-hybridized carbons (Fsp3) is 0.188. The monoisotopic (exact) mass is 554 g/mol. The lowest BCUT2D eigenvalue weighted by atomic mass is 10.0. The van der Waals surface area contributed by atoms with Crippen LogP contribution >= 0.6 is 11.6 Å². The van der Waals surface area contributed by atoms with Crippen molar-refractivity contribution in [2.45, 2.75) is 25.4 Å². The lowest BCUT2D eigenvalue weighted by Gasteiger charge is -2.32. The van der Waals surface area contributed by atoms with E-state index in [0.717, 1.165) is 32.5 Å². The predicted octanol–water partition coefficient (Wildman–Crippen LogP) is 7.17. The number of nitrogens with zero attached hydrogens (tertiary/aromatic N) is 1. The van der Waals surface area contributed by atoms with Gasteiger partial charge in [0, 0.05) is 47.6 Å². The quantitative estimate of drug-likeness (QED) is 0.215. The van der Waals surface area contributed by atoms with Crippen LogP contribution in [0.1, 0.15) is 28.8 Å². The van der Waals surface area contributed by atoms with Gasteiger partial charge in [-0.2, -0.15) is 0 Å². The van der Waals surface area contributed by atoms with E-state index in [9.17, 15) is 9.59 Å². The third-order valence-electron chi connectivity index (χ3n) is 6.74. The maximum absolute atomic E-state index is 12.8. The first-order valence-corrected chi connectivity index (χ1v) is 13.7. The van der Waals surface area contributed by atoms with E-state index in [1.54, 1.807) is 72.8 Å². The summed E-state index contributed by atoms with van der Waals surface area (Å²) in [5, 5.41) is 9.38. The molecule has 0 spiro atoms. The molecule has 1 aliphatic heterocycles. The second-order valence-electron chi connectivity index (χ2n) is 9.75. The van der Waals surface area contributed by atoms with Crippen LogP contribution in [0, 0.1) is 0 Å². The number of likely N-dealkylation sites (tertiary alicyclic amines) is 1. The number of amides is 3. The summed E-state index contributed by atoms with van der Waals surface area (Å²) in [5.74, 6) is 1.21. The highest BCUT2D eigenvalue weighted by atomic mass is 35.5. The van der Waals surface area contributed by atoms with E-state index in [2.05, 4.69) is 45.1 Å². The molecule has 4 aromatic carbocycles. The summed E-state index contributed by atoms with van der Waals surface area (Å²) in [7, 11) is 0. The molecule has 4 aromatic rings. The summed E-state index contributed by atoms with van der Waals surface area (Å²) in [6.45, 7) is 2.85. The molecular formula is C32H31ClN4O3. The lowest BCUT2D eigenvalue weighted by Crippen LogP contribution is -2.44. The van der Waals surface area contributed by atoms with Gasteiger partial charge in [0.15, 0.2) is 0 Å². The molecule has 3 amide bonds. The van der Waals surface area contributed by atoms with Crippen molar-refractivity contribution in [1.82, 2.24) is 10.2 Å². The zero-order valence-corrected chi connectivity index (χ0v) is 22.7. The Morgan fingerprint density at radius 1 is 0.750 bits per heavy atom. The number of piperidine rings is 1. The van der Waals surface area contributed by atoms with Crippen LogP contribution in [-0.2, 0) is 6.54 Å². The first-order valence-electron chi connectivity index (χ1n) is 13.3. The fourth-order valence-corrected chi connectivity index (χ4v) is 4.72. The van der Waals surface area contributed by atoms with Crippen LogP contribution in [0.4, 0.5) is 16.2 Å². The number of ether oxygens (including phenoxy) is 1. The number of rotatable bonds is 8. The summed E-state index contributed by atoms with van der Waals surface area (Å²) < 4.78 is 5.77. The minimum absolute atomic E-state index is 0.0987. The number of carbonyl (C=O) groups is 2. The number of halogens is 1. The molecule has 0 atom stereocenters. The van der Waals surface area contributed by atoms with Crippen molar-refractivity contribution < 1.29 is 14.3 Å². The summed E-state index contributed by atoms with van der Waals surface area (Å²) in [6, 6.07) is 31.2. The van der Waals surface area contributed by atoms with E-state index >= 15 is 0 Å². The maximum Gasteiger partial charge on any atom is 0.323 e. The van der Waals surface area contributed by atoms with Crippen molar-refractivity contribution in [1.29, 1.82) is 0 Å². The van der Waals surface area contributed by atoms with Gasteiger partial charge in [-0.15, -0.1) is 0 Å². The molecule has 1 saturated heterocycles. The summed E-state index contributed by atoms with van der Waals surface area (Å²) in [6.07, 6.45) is 1.85. The van der Waals surface area contributed by atoms with Gasteiger partial charge in [-0.1, -0.05) is 41.9 Å². The van der Waals surface area contributed by atoms with Crippen molar-refractivity contribution >= 4 is 34.9 Å². The zero-order chi connectivity index (χ0) is 27.7. The highest BCUT2D eigenvalue weighted by Gasteiger charge is 2.21. The summed E-state index contributed by atoms with van der Waals surface area (Å²) >= 11 is 5.90. The van der Waals surface area contributed by atoms with E-state index in [0.29, 0.717) is 33.5 Å². The van der Waals surface area contributed by atoms with Crippen molar-refractivity contribution in [2.75, 3.05) is 23.7 Å². The minimum atomic E-state index is -0.383. The number of carbonyl (C=O) groups excluding carboxylic acids is 2. The van der Waals surface area contributed by atoms with Gasteiger partial charge in [0.25, 0.3) is 5.91 Å². The first kappa shape index (κ1) is 27.2. The smallest absolute Gasteiger partial charge is 0.323 e. The molecule has 0 unspecified atom stereocenters. The standard InChI is InChI=1S/C32H31ClN4O3/c33-25-8-14-29(15-9-25)40-30-16-12-27(13-17-30)36-32(39)35-26-10-6-24(7-11-26)31(38)34-28-18-20-37(21-19-28)22-23-4-2-1-3-5-23/h1-17,28H,18-22H2,(H,34,38)(H2,35,36,39). The molecule has 0 radical (unpaired) electrons. The lowest BCUT2D eigenvalue weighted by molar-refractivity contribution is 0.0909. The molecular weight excluding hydrogens is 524 g/mol. The number of urea groups is 1. The van der Waals surface area contributed by atoms with Gasteiger partial charge < -0.3 is 20.7 Å². The molecule has 0 aromatic heterocycles. The minimum Gasteiger partial charge on any atom is -0.457 e. The van der Waals surface area contributed by atoms with Crippen LogP contribution in [0.5, 0.6) is 11.5 Å². The Morgan fingerprint density at radius 2 is 1.30 bits per heavy atom. The molecule has 40 heavy (non-hydrogen) atoms. The number of hydrogen-bond acceptors (Lipinski definition) is 4. The normalized spacial score (nSPS) is 13.8. The molecule has 1 aliphatic rings. The SMILES string of the molecule is O=C(Nc1ccc(Oc2ccc(Cl)cc2)cc1)Nc1ccc(C(=O)NC2CCN(Cc3ccccc3)CC2)cc1. The Morgan fingerprint density at radius 3 is 1.90 bits per heavy atom. The third kappa shape index (κ3) is 7.85. The molecule has 1 heterocycles. The van der Waals surface area contributed by atoms with Crippen LogP contribution in [0.2, 0.25) is 5.02 Å².